The van der Waals surface area contributed by atoms with Gasteiger partial charge in [0.25, 0.3) is 0 Å². The Balaban J connectivity index is 2.02. The molecule has 0 saturated carbocycles. The number of hydrogen-bond donors (Lipinski definition) is 1. The first kappa shape index (κ1) is 17.9. The first-order valence-electron chi connectivity index (χ1n) is 8.84. The topological polar surface area (TPSA) is 83.0 Å². The maximum atomic E-state index is 14.6. The molecule has 0 spiro atoms. The molecule has 0 bridgehead atoms. The summed E-state index contributed by atoms with van der Waals surface area (Å²) in [6.45, 7) is 0. The highest BCUT2D eigenvalue weighted by Gasteiger charge is 2.41. The first-order chi connectivity index (χ1) is 13.5. The normalized spacial score (nSPS) is 19.5. The van der Waals surface area contributed by atoms with Crippen LogP contribution in [0.5, 0.6) is 0 Å². The molecule has 2 heterocycles. The van der Waals surface area contributed by atoms with Crippen LogP contribution in [0.1, 0.15) is 30.7 Å². The van der Waals surface area contributed by atoms with E-state index in [1.165, 1.54) is 11.0 Å². The van der Waals surface area contributed by atoms with Crippen molar-refractivity contribution in [3.05, 3.63) is 82.6 Å². The highest BCUT2D eigenvalue weighted by molar-refractivity contribution is 6.01. The molecule has 1 atom stereocenters. The zero-order chi connectivity index (χ0) is 19.8. The number of carbonyl (C=O) groups is 1. The third-order valence-corrected chi connectivity index (χ3v) is 5.09. The molecule has 5 nitrogen and oxygen atoms in total. The van der Waals surface area contributed by atoms with Gasteiger partial charge in [-0.1, -0.05) is 12.1 Å². The number of nitrogens with two attached hydrogens (primary N) is 1. The fraction of sp³-hybridized carbons (Fsp3) is 0.190. The molecule has 0 amide bonds. The highest BCUT2D eigenvalue weighted by Crippen LogP contribution is 2.46. The number of anilines is 1. The minimum Gasteiger partial charge on any atom is -0.384 e. The molecule has 140 valence electrons. The fourth-order valence-corrected chi connectivity index (χ4v) is 3.92. The van der Waals surface area contributed by atoms with Gasteiger partial charge in [0.1, 0.15) is 23.1 Å². The van der Waals surface area contributed by atoms with E-state index < -0.39 is 17.6 Å². The van der Waals surface area contributed by atoms with Gasteiger partial charge in [0.2, 0.25) is 0 Å². The van der Waals surface area contributed by atoms with Crippen LogP contribution in [0.25, 0.3) is 0 Å². The van der Waals surface area contributed by atoms with Crippen LogP contribution in [-0.2, 0) is 4.79 Å². The van der Waals surface area contributed by atoms with E-state index in [2.05, 4.69) is 4.98 Å². The number of aromatic nitrogens is 1. The number of ketones is 1. The highest BCUT2D eigenvalue weighted by atomic mass is 19.1. The van der Waals surface area contributed by atoms with Gasteiger partial charge in [0, 0.05) is 30.1 Å². The summed E-state index contributed by atoms with van der Waals surface area (Å²) in [4.78, 5) is 18.1. The Kier molecular flexibility index (Phi) is 4.40. The Morgan fingerprint density at radius 2 is 1.93 bits per heavy atom. The summed E-state index contributed by atoms with van der Waals surface area (Å²) >= 11 is 0. The molecule has 7 heteroatoms. The number of nitrogens with zero attached hydrogens (tertiary/aromatic N) is 3. The molecule has 2 aliphatic rings. The smallest absolute Gasteiger partial charge is 0.161 e. The van der Waals surface area contributed by atoms with Crippen molar-refractivity contribution in [1.29, 1.82) is 5.26 Å². The zero-order valence-corrected chi connectivity index (χ0v) is 14.8. The largest absolute Gasteiger partial charge is 0.384 e. The van der Waals surface area contributed by atoms with Crippen LogP contribution < -0.4 is 10.6 Å². The first-order valence-corrected chi connectivity index (χ1v) is 8.84. The predicted molar refractivity (Wildman–Crippen MR) is 98.5 cm³/mol. The van der Waals surface area contributed by atoms with Crippen molar-refractivity contribution < 1.29 is 13.6 Å². The van der Waals surface area contributed by atoms with Crippen molar-refractivity contribution in [2.75, 3.05) is 4.90 Å². The van der Waals surface area contributed by atoms with Gasteiger partial charge in [0.15, 0.2) is 5.78 Å². The summed E-state index contributed by atoms with van der Waals surface area (Å²) in [6.07, 6.45) is 4.43. The van der Waals surface area contributed by atoms with Crippen LogP contribution in [0.4, 0.5) is 14.5 Å². The number of allylic oxidation sites excluding steroid dienone is 3. The number of rotatable bonds is 2. The molecule has 0 saturated heterocycles. The quantitative estimate of drug-likeness (QED) is 0.862. The lowest BCUT2D eigenvalue weighted by Gasteiger charge is -2.39. The van der Waals surface area contributed by atoms with E-state index in [9.17, 15) is 18.8 Å². The van der Waals surface area contributed by atoms with Crippen molar-refractivity contribution in [2.24, 2.45) is 5.73 Å². The summed E-state index contributed by atoms with van der Waals surface area (Å²) in [7, 11) is 0. The van der Waals surface area contributed by atoms with Crippen LogP contribution >= 0.6 is 0 Å². The Morgan fingerprint density at radius 1 is 1.18 bits per heavy atom. The second kappa shape index (κ2) is 6.89. The lowest BCUT2D eigenvalue weighted by Crippen LogP contribution is -2.39. The third-order valence-electron chi connectivity index (χ3n) is 5.09. The van der Waals surface area contributed by atoms with Gasteiger partial charge in [-0.25, -0.2) is 8.78 Å². The minimum atomic E-state index is -0.815. The van der Waals surface area contributed by atoms with Gasteiger partial charge in [-0.15, -0.1) is 0 Å². The average molecular weight is 378 g/mol. The third kappa shape index (κ3) is 2.65. The standard InChI is InChI=1S/C21H16F2N4O/c22-14-5-1-6-15(23)20(14)27-16-7-2-8-17(28)19(16)18(13(10-24)21(27)25)12-4-3-9-26-11-12/h1,3-6,9,11,18H,2,7-8,25H2. The van der Waals surface area contributed by atoms with E-state index in [1.54, 1.807) is 24.5 Å². The molecule has 2 N–H and O–H groups in total. The van der Waals surface area contributed by atoms with E-state index in [1.807, 2.05) is 6.07 Å². The van der Waals surface area contributed by atoms with Gasteiger partial charge >= 0.3 is 0 Å². The average Bonchev–Trinajstić information content (AvgIpc) is 2.69. The van der Waals surface area contributed by atoms with Crippen LogP contribution in [0, 0.1) is 23.0 Å². The van der Waals surface area contributed by atoms with E-state index in [0.29, 0.717) is 36.1 Å². The Labute approximate surface area is 160 Å². The number of para-hydroxylation sites is 1. The van der Waals surface area contributed by atoms with E-state index in [0.717, 1.165) is 12.1 Å². The van der Waals surface area contributed by atoms with Gasteiger partial charge in [-0.05, 0) is 36.6 Å². The van der Waals surface area contributed by atoms with E-state index >= 15 is 0 Å². The minimum absolute atomic E-state index is 0.0738. The number of benzene rings is 1. The summed E-state index contributed by atoms with van der Waals surface area (Å²) in [5.74, 6) is -2.56. The molecule has 1 aromatic heterocycles. The fourth-order valence-electron chi connectivity index (χ4n) is 3.92. The molecule has 28 heavy (non-hydrogen) atoms. The number of hydrogen-bond acceptors (Lipinski definition) is 5. The zero-order valence-electron chi connectivity index (χ0n) is 14.8. The van der Waals surface area contributed by atoms with Gasteiger partial charge in [-0.3, -0.25) is 14.7 Å². The molecule has 2 aromatic rings. The number of nitriles is 1. The second-order valence-corrected chi connectivity index (χ2v) is 6.67. The number of pyridine rings is 1. The Bertz CT molecular complexity index is 1050. The molecule has 1 aromatic carbocycles. The Morgan fingerprint density at radius 3 is 2.57 bits per heavy atom. The number of carbonyl (C=O) groups excluding carboxylic acids is 1. The number of Topliss-reactive ketones (excluding diaryl/α,β-unsaturated/α-hetero) is 1. The summed E-state index contributed by atoms with van der Waals surface area (Å²) < 4.78 is 29.1. The molecule has 1 unspecified atom stereocenters. The van der Waals surface area contributed by atoms with Gasteiger partial charge in [-0.2, -0.15) is 5.26 Å². The van der Waals surface area contributed by atoms with Crippen molar-refractivity contribution in [2.45, 2.75) is 25.2 Å². The van der Waals surface area contributed by atoms with Crippen LogP contribution in [-0.4, -0.2) is 10.8 Å². The van der Waals surface area contributed by atoms with E-state index in [4.69, 9.17) is 5.73 Å². The molecule has 4 rings (SSSR count). The monoisotopic (exact) mass is 378 g/mol. The summed E-state index contributed by atoms with van der Waals surface area (Å²) in [5, 5.41) is 9.82. The maximum absolute atomic E-state index is 14.6. The predicted octanol–water partition coefficient (Wildman–Crippen LogP) is 3.66. The molecular weight excluding hydrogens is 362 g/mol. The summed E-state index contributed by atoms with van der Waals surface area (Å²) in [6, 6.07) is 9.01. The maximum Gasteiger partial charge on any atom is 0.161 e. The molecule has 0 radical (unpaired) electrons. The van der Waals surface area contributed by atoms with Crippen LogP contribution in [0.3, 0.4) is 0 Å². The summed E-state index contributed by atoms with van der Waals surface area (Å²) in [5.41, 5.74) is 7.39. The van der Waals surface area contributed by atoms with Crippen LogP contribution in [0.2, 0.25) is 0 Å². The SMILES string of the molecule is N#CC1=C(N)N(c2c(F)cccc2F)C2=C(C(=O)CCC2)C1c1cccnc1. The van der Waals surface area contributed by atoms with Crippen molar-refractivity contribution in [3.63, 3.8) is 0 Å². The van der Waals surface area contributed by atoms with Crippen molar-refractivity contribution in [1.82, 2.24) is 4.98 Å². The molecule has 0 fully saturated rings. The lowest BCUT2D eigenvalue weighted by molar-refractivity contribution is -0.116. The number of halogens is 2. The molecular formula is C21H16F2N4O. The molecule has 1 aliphatic heterocycles. The van der Waals surface area contributed by atoms with Gasteiger partial charge < -0.3 is 5.73 Å². The van der Waals surface area contributed by atoms with Crippen molar-refractivity contribution >= 4 is 11.5 Å². The van der Waals surface area contributed by atoms with E-state index in [-0.39, 0.29) is 22.9 Å². The van der Waals surface area contributed by atoms with Crippen LogP contribution in [0.15, 0.2) is 65.4 Å². The van der Waals surface area contributed by atoms with Crippen molar-refractivity contribution in [3.8, 4) is 6.07 Å². The second-order valence-electron chi connectivity index (χ2n) is 6.67. The molecule has 1 aliphatic carbocycles. The Hall–Kier alpha value is -3.53. The lowest BCUT2D eigenvalue weighted by atomic mass is 9.76. The van der Waals surface area contributed by atoms with Gasteiger partial charge in [0.05, 0.1) is 17.6 Å².